The maximum absolute atomic E-state index is 11.5. The second kappa shape index (κ2) is 7.29. The molecule has 0 aliphatic carbocycles. The number of benzene rings is 1. The van der Waals surface area contributed by atoms with E-state index < -0.39 is 8.32 Å². The largest absolute Gasteiger partial charge is 0.544 e. The highest BCUT2D eigenvalue weighted by Gasteiger charge is 2.38. The first-order valence-electron chi connectivity index (χ1n) is 7.77. The first-order valence-corrected chi connectivity index (χ1v) is 10.7. The van der Waals surface area contributed by atoms with Gasteiger partial charge in [0.1, 0.15) is 5.75 Å². The Labute approximate surface area is 135 Å². The van der Waals surface area contributed by atoms with E-state index in [1.807, 2.05) is 24.3 Å². The van der Waals surface area contributed by atoms with Crippen molar-refractivity contribution < 1.29 is 14.0 Å². The summed E-state index contributed by atoms with van der Waals surface area (Å²) in [6, 6.07) is 7.36. The van der Waals surface area contributed by atoms with Crippen molar-refractivity contribution in [3.8, 4) is 5.75 Å². The van der Waals surface area contributed by atoms with Gasteiger partial charge in [0.15, 0.2) is 0 Å². The predicted octanol–water partition coefficient (Wildman–Crippen LogP) is 4.02. The smallest absolute Gasteiger partial charge is 0.307 e. The minimum atomic E-state index is -1.83. The molecule has 1 unspecified atom stereocenters. The fraction of sp³-hybridized carbons (Fsp3) is 0.588. The van der Waals surface area contributed by atoms with E-state index in [-0.39, 0.29) is 23.5 Å². The number of rotatable bonds is 6. The molecule has 1 aromatic rings. The molecule has 1 rings (SSSR count). The monoisotopic (exact) mass is 323 g/mol. The van der Waals surface area contributed by atoms with E-state index in [0.29, 0.717) is 6.61 Å². The molecular formula is C17H29NO3Si. The molecule has 0 fully saturated rings. The van der Waals surface area contributed by atoms with Crippen LogP contribution in [0.3, 0.4) is 0 Å². The van der Waals surface area contributed by atoms with Crippen LogP contribution in [-0.2, 0) is 9.53 Å². The minimum Gasteiger partial charge on any atom is -0.544 e. The Morgan fingerprint density at radius 1 is 1.23 bits per heavy atom. The highest BCUT2D eigenvalue weighted by molar-refractivity contribution is 6.74. The molecule has 0 heterocycles. The normalized spacial score (nSPS) is 13.6. The lowest BCUT2D eigenvalue weighted by Gasteiger charge is -2.36. The Kier molecular flexibility index (Phi) is 6.20. The molecule has 4 nitrogen and oxygen atoms in total. The van der Waals surface area contributed by atoms with Crippen LogP contribution in [0.4, 0.5) is 0 Å². The molecular weight excluding hydrogens is 294 g/mol. The van der Waals surface area contributed by atoms with Gasteiger partial charge in [0.25, 0.3) is 0 Å². The lowest BCUT2D eigenvalue weighted by atomic mass is 10.0. The number of ether oxygens (including phenoxy) is 1. The van der Waals surface area contributed by atoms with E-state index in [4.69, 9.17) is 14.9 Å². The van der Waals surface area contributed by atoms with Gasteiger partial charge in [0.2, 0.25) is 8.32 Å². The molecule has 2 N–H and O–H groups in total. The summed E-state index contributed by atoms with van der Waals surface area (Å²) in [6.07, 6.45) is 0.191. The maximum atomic E-state index is 11.5. The van der Waals surface area contributed by atoms with Gasteiger partial charge in [-0.1, -0.05) is 32.9 Å². The van der Waals surface area contributed by atoms with Gasteiger partial charge in [-0.15, -0.1) is 0 Å². The first-order chi connectivity index (χ1) is 10.1. The molecule has 1 atom stereocenters. The van der Waals surface area contributed by atoms with Crippen LogP contribution in [0, 0.1) is 0 Å². The van der Waals surface area contributed by atoms with Crippen molar-refractivity contribution in [1.29, 1.82) is 0 Å². The van der Waals surface area contributed by atoms with Gasteiger partial charge < -0.3 is 14.9 Å². The minimum absolute atomic E-state index is 0.159. The Morgan fingerprint density at radius 3 is 2.23 bits per heavy atom. The van der Waals surface area contributed by atoms with Crippen LogP contribution >= 0.6 is 0 Å². The summed E-state index contributed by atoms with van der Waals surface area (Å²) < 4.78 is 11.2. The molecule has 124 valence electrons. The molecule has 0 saturated carbocycles. The SMILES string of the molecule is CCOC(=O)CC(N)c1ccc(O[Si](C)(C)C(C)(C)C)cc1. The molecule has 0 aromatic heterocycles. The predicted molar refractivity (Wildman–Crippen MR) is 92.4 cm³/mol. The molecule has 0 aliphatic rings. The fourth-order valence-corrected chi connectivity index (χ4v) is 2.78. The summed E-state index contributed by atoms with van der Waals surface area (Å²) in [5.41, 5.74) is 6.95. The van der Waals surface area contributed by atoms with E-state index >= 15 is 0 Å². The molecule has 0 spiro atoms. The van der Waals surface area contributed by atoms with Crippen LogP contribution < -0.4 is 10.2 Å². The number of hydrogen-bond acceptors (Lipinski definition) is 4. The van der Waals surface area contributed by atoms with Crippen molar-refractivity contribution in [2.45, 2.75) is 58.3 Å². The van der Waals surface area contributed by atoms with E-state index in [0.717, 1.165) is 11.3 Å². The fourth-order valence-electron chi connectivity index (χ4n) is 1.75. The zero-order valence-electron chi connectivity index (χ0n) is 14.6. The van der Waals surface area contributed by atoms with Crippen LogP contribution in [0.15, 0.2) is 24.3 Å². The average molecular weight is 324 g/mol. The van der Waals surface area contributed by atoms with E-state index in [2.05, 4.69) is 33.9 Å². The van der Waals surface area contributed by atoms with Crippen molar-refractivity contribution >= 4 is 14.3 Å². The lowest BCUT2D eigenvalue weighted by molar-refractivity contribution is -0.143. The van der Waals surface area contributed by atoms with Crippen molar-refractivity contribution in [2.75, 3.05) is 6.61 Å². The Balaban J connectivity index is 2.73. The number of hydrogen-bond donors (Lipinski definition) is 1. The summed E-state index contributed by atoms with van der Waals surface area (Å²) in [7, 11) is -1.83. The third-order valence-electron chi connectivity index (χ3n) is 4.18. The van der Waals surface area contributed by atoms with Gasteiger partial charge in [0.05, 0.1) is 13.0 Å². The van der Waals surface area contributed by atoms with Crippen LogP contribution in [0.25, 0.3) is 0 Å². The number of carbonyl (C=O) groups excluding carboxylic acids is 1. The number of carbonyl (C=O) groups is 1. The van der Waals surface area contributed by atoms with E-state index in [9.17, 15) is 4.79 Å². The summed E-state index contributed by atoms with van der Waals surface area (Å²) in [4.78, 5) is 11.5. The van der Waals surface area contributed by atoms with E-state index in [1.165, 1.54) is 0 Å². The highest BCUT2D eigenvalue weighted by atomic mass is 28.4. The van der Waals surface area contributed by atoms with Crippen LogP contribution in [0.1, 0.15) is 45.7 Å². The number of esters is 1. The van der Waals surface area contributed by atoms with Crippen LogP contribution in [0.2, 0.25) is 18.1 Å². The highest BCUT2D eigenvalue weighted by Crippen LogP contribution is 2.37. The third kappa shape index (κ3) is 5.14. The maximum Gasteiger partial charge on any atom is 0.307 e. The second-order valence-corrected chi connectivity index (χ2v) is 11.8. The van der Waals surface area contributed by atoms with Gasteiger partial charge in [-0.25, -0.2) is 0 Å². The molecule has 0 bridgehead atoms. The van der Waals surface area contributed by atoms with E-state index in [1.54, 1.807) is 6.92 Å². The topological polar surface area (TPSA) is 61.5 Å². The zero-order valence-corrected chi connectivity index (χ0v) is 15.6. The number of nitrogens with two attached hydrogens (primary N) is 1. The molecule has 0 radical (unpaired) electrons. The van der Waals surface area contributed by atoms with Crippen molar-refractivity contribution in [3.63, 3.8) is 0 Å². The van der Waals surface area contributed by atoms with Gasteiger partial charge in [0, 0.05) is 6.04 Å². The molecule has 22 heavy (non-hydrogen) atoms. The summed E-state index contributed by atoms with van der Waals surface area (Å²) in [5.74, 6) is 0.593. The van der Waals surface area contributed by atoms with Crippen LogP contribution in [0.5, 0.6) is 5.75 Å². The zero-order chi connectivity index (χ0) is 17.0. The molecule has 0 saturated heterocycles. The summed E-state index contributed by atoms with van der Waals surface area (Å²) in [5, 5.41) is 0.159. The van der Waals surface area contributed by atoms with Gasteiger partial charge >= 0.3 is 5.97 Å². The molecule has 0 amide bonds. The quantitative estimate of drug-likeness (QED) is 0.634. The van der Waals surface area contributed by atoms with Crippen molar-refractivity contribution in [3.05, 3.63) is 29.8 Å². The first kappa shape index (κ1) is 18.7. The molecule has 5 heteroatoms. The lowest BCUT2D eigenvalue weighted by Crippen LogP contribution is -2.43. The van der Waals surface area contributed by atoms with Crippen molar-refractivity contribution in [2.24, 2.45) is 5.73 Å². The Bertz CT molecular complexity index is 492. The third-order valence-corrected chi connectivity index (χ3v) is 8.54. The average Bonchev–Trinajstić information content (AvgIpc) is 2.37. The van der Waals surface area contributed by atoms with Crippen LogP contribution in [-0.4, -0.2) is 20.9 Å². The Morgan fingerprint density at radius 2 is 1.77 bits per heavy atom. The standard InChI is InChI=1S/C17H29NO3Si/c1-7-20-16(19)12-15(18)13-8-10-14(11-9-13)21-22(5,6)17(2,3)4/h8-11,15H,7,12,18H2,1-6H3. The van der Waals surface area contributed by atoms with Gasteiger partial charge in [-0.3, -0.25) is 4.79 Å². The van der Waals surface area contributed by atoms with Gasteiger partial charge in [-0.05, 0) is 42.8 Å². The summed E-state index contributed by atoms with van der Waals surface area (Å²) in [6.45, 7) is 13.2. The summed E-state index contributed by atoms with van der Waals surface area (Å²) >= 11 is 0. The Hall–Kier alpha value is -1.33. The second-order valence-electron chi connectivity index (χ2n) is 7.05. The van der Waals surface area contributed by atoms with Crippen molar-refractivity contribution in [1.82, 2.24) is 0 Å². The molecule has 1 aromatic carbocycles. The molecule has 0 aliphatic heterocycles. The van der Waals surface area contributed by atoms with Gasteiger partial charge in [-0.2, -0.15) is 0 Å².